The largest absolute Gasteiger partial charge is 0.508 e. The number of hydrogen-bond donors (Lipinski definition) is 9. The van der Waals surface area contributed by atoms with Gasteiger partial charge in [0.2, 0.25) is 23.6 Å². The second kappa shape index (κ2) is 45.6. The number of hydrogen-bond acceptors (Lipinski definition) is 17. The van der Waals surface area contributed by atoms with Gasteiger partial charge in [-0.15, -0.1) is 0 Å². The molecular weight excluding hydrogens is 1650 g/mol. The number of nitrogens with one attached hydrogen (secondary N) is 4. The average Bonchev–Trinajstić information content (AvgIpc) is 1.28. The molecule has 16 rings (SSSR count). The molecule has 21 nitrogen and oxygen atoms in total. The van der Waals surface area contributed by atoms with Gasteiger partial charge in [-0.05, 0) is 142 Å². The maximum atomic E-state index is 13.1. The van der Waals surface area contributed by atoms with Gasteiger partial charge in [0.15, 0.2) is 23.3 Å². The highest BCUT2D eigenvalue weighted by atomic mass is 79.9. The molecule has 4 aliphatic rings. The number of rotatable bonds is 28. The van der Waals surface area contributed by atoms with Crippen molar-refractivity contribution in [3.63, 3.8) is 0 Å². The van der Waals surface area contributed by atoms with Crippen LogP contribution in [0.25, 0.3) is 45.0 Å². The predicted molar refractivity (Wildman–Crippen MR) is 486 cm³/mol. The minimum Gasteiger partial charge on any atom is -0.508 e. The van der Waals surface area contributed by atoms with E-state index in [9.17, 15) is 49.1 Å². The molecule has 0 spiro atoms. The predicted octanol–water partition coefficient (Wildman–Crippen LogP) is 19.5. The Hall–Kier alpha value is -11.7. The van der Waals surface area contributed by atoms with Gasteiger partial charge in [-0.1, -0.05) is 276 Å². The summed E-state index contributed by atoms with van der Waals surface area (Å²) >= 11 is 9.35. The summed E-state index contributed by atoms with van der Waals surface area (Å²) in [5.41, 5.74) is 16.9. The highest BCUT2D eigenvalue weighted by Crippen LogP contribution is 2.36. The van der Waals surface area contributed by atoms with E-state index < -0.39 is 0 Å². The third kappa shape index (κ3) is 27.2. The molecule has 4 fully saturated rings. The highest BCUT2D eigenvalue weighted by Gasteiger charge is 2.26. The van der Waals surface area contributed by atoms with Crippen LogP contribution in [0, 0.1) is 29.5 Å². The van der Waals surface area contributed by atoms with Crippen LogP contribution in [-0.2, 0) is 97.0 Å². The third-order valence-corrected chi connectivity index (χ3v) is 23.9. The number of amides is 4. The van der Waals surface area contributed by atoms with Crippen LogP contribution < -0.4 is 21.3 Å². The van der Waals surface area contributed by atoms with Gasteiger partial charge in [-0.3, -0.25) is 19.2 Å². The van der Waals surface area contributed by atoms with E-state index in [4.69, 9.17) is 31.5 Å². The van der Waals surface area contributed by atoms with Crippen molar-refractivity contribution in [3.8, 4) is 50.8 Å². The molecule has 12 aromatic rings. The van der Waals surface area contributed by atoms with Crippen LogP contribution >= 0.6 is 27.5 Å². The summed E-state index contributed by atoms with van der Waals surface area (Å²) in [6.07, 6.45) is 30.3. The van der Waals surface area contributed by atoms with Crippen molar-refractivity contribution in [2.24, 2.45) is 23.7 Å². The van der Waals surface area contributed by atoms with Crippen molar-refractivity contribution in [2.45, 2.75) is 181 Å². The van der Waals surface area contributed by atoms with E-state index in [0.717, 1.165) is 142 Å². The van der Waals surface area contributed by atoms with Gasteiger partial charge < -0.3 is 46.8 Å². The Balaban J connectivity index is 0.000000142. The molecule has 8 aromatic carbocycles. The molecule has 0 atom stereocenters. The minimum atomic E-state index is -0.323. The number of phenols is 1. The van der Waals surface area contributed by atoms with E-state index >= 15 is 0 Å². The minimum absolute atomic E-state index is 0.00207. The smallest absolute Gasteiger partial charge is 0.229 e. The molecule has 24 heteroatoms. The summed E-state index contributed by atoms with van der Waals surface area (Å²) in [6, 6.07) is 58.1. The van der Waals surface area contributed by atoms with E-state index in [0.29, 0.717) is 58.4 Å². The van der Waals surface area contributed by atoms with Crippen LogP contribution in [0.15, 0.2) is 223 Å². The normalized spacial score (nSPS) is 14.0. The molecule has 0 unspecified atom stereocenters. The lowest BCUT2D eigenvalue weighted by Gasteiger charge is -2.14. The lowest BCUT2D eigenvalue weighted by atomic mass is 10.0. The van der Waals surface area contributed by atoms with Crippen LogP contribution in [0.2, 0.25) is 5.02 Å². The highest BCUT2D eigenvalue weighted by molar-refractivity contribution is 9.10. The van der Waals surface area contributed by atoms with E-state index in [-0.39, 0.29) is 80.9 Å². The second-order valence-electron chi connectivity index (χ2n) is 32.5. The number of benzene rings is 8. The molecule has 0 aliphatic heterocycles. The summed E-state index contributed by atoms with van der Waals surface area (Å²) in [5, 5.41) is 58.9. The van der Waals surface area contributed by atoms with Gasteiger partial charge in [0, 0.05) is 31.7 Å². The first-order valence-electron chi connectivity index (χ1n) is 42.9. The van der Waals surface area contributed by atoms with Gasteiger partial charge in [0.25, 0.3) is 0 Å². The zero-order chi connectivity index (χ0) is 86.5. The molecule has 4 saturated carbocycles. The van der Waals surface area contributed by atoms with Crippen LogP contribution in [-0.4, -0.2) is 89.0 Å². The van der Waals surface area contributed by atoms with Crippen molar-refractivity contribution < 1.29 is 49.1 Å². The van der Waals surface area contributed by atoms with E-state index in [1.807, 2.05) is 133 Å². The lowest BCUT2D eigenvalue weighted by molar-refractivity contribution is -0.116. The zero-order valence-corrected chi connectivity index (χ0v) is 71.8. The Morgan fingerprint density at radius 1 is 0.323 bits per heavy atom. The monoisotopic (exact) mass is 1750 g/mol. The number of aromatic nitrogens is 8. The van der Waals surface area contributed by atoms with E-state index in [2.05, 4.69) is 57.1 Å². The average molecular weight is 1750 g/mol. The Kier molecular flexibility index (Phi) is 33.1. The number of halogens is 3. The molecule has 4 heterocycles. The molecule has 640 valence electrons. The molecule has 0 saturated heterocycles. The Bertz CT molecular complexity index is 4800. The lowest BCUT2D eigenvalue weighted by Crippen LogP contribution is -2.18. The topological polar surface area (TPSA) is 321 Å². The van der Waals surface area contributed by atoms with Gasteiger partial charge in [0.1, 0.15) is 11.6 Å². The van der Waals surface area contributed by atoms with Crippen molar-refractivity contribution in [3.05, 3.63) is 302 Å². The summed E-state index contributed by atoms with van der Waals surface area (Å²) in [5.74, 6) is 3.68. The first-order valence-corrected chi connectivity index (χ1v) is 44.0. The van der Waals surface area contributed by atoms with Crippen molar-refractivity contribution >= 4 is 74.4 Å². The summed E-state index contributed by atoms with van der Waals surface area (Å²) < 4.78 is 14.1. The molecule has 4 amide bonds. The summed E-state index contributed by atoms with van der Waals surface area (Å²) in [7, 11) is 0. The number of anilines is 4. The zero-order valence-electron chi connectivity index (χ0n) is 69.5. The fraction of sp³-hybridized carbons (Fsp3) is 0.320. The van der Waals surface area contributed by atoms with E-state index in [1.54, 1.807) is 73.3 Å². The summed E-state index contributed by atoms with van der Waals surface area (Å²) in [4.78, 5) is 88.2. The molecule has 4 aromatic heterocycles. The third-order valence-electron chi connectivity index (χ3n) is 23.1. The first kappa shape index (κ1) is 90.0. The first-order chi connectivity index (χ1) is 60.4. The maximum Gasteiger partial charge on any atom is 0.229 e. The second-order valence-corrected chi connectivity index (χ2v) is 33.8. The van der Waals surface area contributed by atoms with Crippen LogP contribution in [0.3, 0.4) is 0 Å². The maximum absolute atomic E-state index is 13.1. The van der Waals surface area contributed by atoms with Gasteiger partial charge >= 0.3 is 0 Å². The quantitative estimate of drug-likeness (QED) is 0.0220. The molecule has 9 N–H and O–H groups in total. The van der Waals surface area contributed by atoms with Gasteiger partial charge in [0.05, 0.1) is 122 Å². The fourth-order valence-electron chi connectivity index (χ4n) is 16.2. The summed E-state index contributed by atoms with van der Waals surface area (Å²) in [6.45, 7) is 0.0303. The number of nitrogens with zero attached hydrogens (tertiary/aromatic N) is 8. The molecule has 0 radical (unpaired) electrons. The Morgan fingerprint density at radius 2 is 0.540 bits per heavy atom. The number of carbonyl (C=O) groups is 4. The molecular formula is C100H105BrClFN12O9. The Morgan fingerprint density at radius 3 is 0.782 bits per heavy atom. The number of aliphatic hydroxyl groups excluding tert-OH is 4. The molecule has 0 bridgehead atoms. The Labute approximate surface area is 736 Å². The van der Waals surface area contributed by atoms with Gasteiger partial charge in [-0.2, -0.15) is 0 Å². The number of aromatic hydroxyl groups is 1. The van der Waals surface area contributed by atoms with Gasteiger partial charge in [-0.25, -0.2) is 44.3 Å². The number of carbonyl (C=O) groups excluding carboxylic acids is 4. The number of aliphatic hydroxyl groups is 4. The van der Waals surface area contributed by atoms with E-state index in [1.165, 1.54) is 115 Å². The van der Waals surface area contributed by atoms with Crippen molar-refractivity contribution in [1.29, 1.82) is 0 Å². The standard InChI is InChI=1S/C25H26BrN3O2.C25H26ClN3O2.C25H26FN3O2.C25H27N3O3/c3*26-21-11-7-18(8-12-21)14-24(31)29-25-22(13-17-3-1-2-4-17)28-23(15-27-25)20-9-5-19(16-30)6-10-20;29-16-19-5-9-20(10-6-19)23-15-26-25(22(27-23)13-17-3-1-2-4-17)28-24(31)14-18-7-11-21(30)12-8-18/h3*5-12,15,17,30H,1-4,13-14,16H2,(H,27,29,31);5-12,15,17,29-30H,1-4,13-14,16H2,(H,26,28,31). The molecule has 124 heavy (non-hydrogen) atoms. The van der Waals surface area contributed by atoms with Crippen molar-refractivity contribution in [2.75, 3.05) is 21.3 Å². The number of phenolic OH excluding ortho intramolecular Hbond substituents is 1. The fourth-order valence-corrected chi connectivity index (χ4v) is 16.6. The van der Waals surface area contributed by atoms with Crippen LogP contribution in [0.5, 0.6) is 5.75 Å². The van der Waals surface area contributed by atoms with Crippen LogP contribution in [0.1, 0.15) is 170 Å². The van der Waals surface area contributed by atoms with Crippen molar-refractivity contribution in [1.82, 2.24) is 39.9 Å². The SMILES string of the molecule is O=C(Cc1ccc(Br)cc1)Nc1ncc(-c2ccc(CO)cc2)nc1CC1CCCC1.O=C(Cc1ccc(Cl)cc1)Nc1ncc(-c2ccc(CO)cc2)nc1CC1CCCC1.O=C(Cc1ccc(F)cc1)Nc1ncc(-c2ccc(CO)cc2)nc1CC1CCCC1.O=C(Cc1ccc(O)cc1)Nc1ncc(-c2ccc(CO)cc2)nc1CC1CCCC1. The molecule has 4 aliphatic carbocycles. The van der Waals surface area contributed by atoms with Crippen LogP contribution in [0.4, 0.5) is 27.7 Å².